The summed E-state index contributed by atoms with van der Waals surface area (Å²) in [5, 5.41) is 2.90. The number of nitrogens with two attached hydrogens (primary N) is 1. The first-order chi connectivity index (χ1) is 11.0. The minimum Gasteiger partial charge on any atom is -0.351 e. The average molecular weight is 330 g/mol. The molecule has 2 aromatic carbocycles. The molecule has 3 amide bonds. The lowest BCUT2D eigenvalue weighted by Gasteiger charge is -2.17. The fraction of sp³-hybridized carbons (Fsp3) is 0.0625. The zero-order valence-corrected chi connectivity index (χ0v) is 12.6. The highest BCUT2D eigenvalue weighted by Crippen LogP contribution is 2.33. The van der Waals surface area contributed by atoms with Crippen molar-refractivity contribution in [1.82, 2.24) is 0 Å². The van der Waals surface area contributed by atoms with Crippen LogP contribution >= 0.6 is 11.6 Å². The van der Waals surface area contributed by atoms with Crippen LogP contribution in [0.1, 0.15) is 15.9 Å². The lowest BCUT2D eigenvalue weighted by Crippen LogP contribution is -2.29. The molecule has 7 heteroatoms. The Balaban J connectivity index is 1.96. The van der Waals surface area contributed by atoms with Gasteiger partial charge in [-0.3, -0.25) is 9.59 Å². The molecule has 1 aliphatic rings. The Hall–Kier alpha value is -2.86. The number of primary amides is 1. The zero-order chi connectivity index (χ0) is 16.6. The smallest absolute Gasteiger partial charge is 0.316 e. The molecule has 0 atom stereocenters. The number of hydrogen-bond donors (Lipinski definition) is 2. The molecule has 3 rings (SSSR count). The Morgan fingerprint density at radius 1 is 1.17 bits per heavy atom. The summed E-state index contributed by atoms with van der Waals surface area (Å²) < 4.78 is 0. The van der Waals surface area contributed by atoms with Crippen molar-refractivity contribution in [3.05, 3.63) is 58.6 Å². The van der Waals surface area contributed by atoms with Crippen LogP contribution in [0.25, 0.3) is 0 Å². The molecule has 0 aliphatic carbocycles. The van der Waals surface area contributed by atoms with Gasteiger partial charge in [0.15, 0.2) is 0 Å². The lowest BCUT2D eigenvalue weighted by atomic mass is 10.1. The molecule has 0 fully saturated rings. The number of carbonyl (C=O) groups excluding carboxylic acids is 3. The van der Waals surface area contributed by atoms with Crippen LogP contribution < -0.4 is 16.0 Å². The number of nitrogens with zero attached hydrogens (tertiary/aromatic N) is 1. The van der Waals surface area contributed by atoms with Crippen molar-refractivity contribution in [2.45, 2.75) is 6.54 Å². The maximum Gasteiger partial charge on any atom is 0.316 e. The van der Waals surface area contributed by atoms with Gasteiger partial charge < -0.3 is 16.0 Å². The van der Waals surface area contributed by atoms with Gasteiger partial charge >= 0.3 is 6.03 Å². The first kappa shape index (κ1) is 15.1. The summed E-state index contributed by atoms with van der Waals surface area (Å²) in [5.41, 5.74) is 6.86. The molecule has 2 aromatic rings. The number of anilines is 2. The van der Waals surface area contributed by atoms with Gasteiger partial charge in [0.05, 0.1) is 17.8 Å². The minimum atomic E-state index is -0.741. The first-order valence-corrected chi connectivity index (χ1v) is 7.15. The number of hydrogen-bond acceptors (Lipinski definition) is 3. The molecule has 0 spiro atoms. The van der Waals surface area contributed by atoms with Crippen molar-refractivity contribution >= 4 is 40.7 Å². The van der Waals surface area contributed by atoms with Gasteiger partial charge in [-0.25, -0.2) is 4.79 Å². The monoisotopic (exact) mass is 329 g/mol. The summed E-state index contributed by atoms with van der Waals surface area (Å²) >= 11 is 6.11. The quantitative estimate of drug-likeness (QED) is 0.847. The summed E-state index contributed by atoms with van der Waals surface area (Å²) in [6, 6.07) is 11.0. The molecule has 3 N–H and O–H groups in total. The maximum absolute atomic E-state index is 12.2. The van der Waals surface area contributed by atoms with Gasteiger partial charge in [0.1, 0.15) is 0 Å². The summed E-state index contributed by atoms with van der Waals surface area (Å²) in [6.07, 6.45) is 0. The molecule has 0 saturated heterocycles. The SMILES string of the molecule is NC(=O)Nc1ccc2c(c1)C(=O)C(=O)N2Cc1ccccc1Cl. The topological polar surface area (TPSA) is 92.5 Å². The number of Topliss-reactive ketones (excluding diaryl/α,β-unsaturated/α-hetero) is 1. The summed E-state index contributed by atoms with van der Waals surface area (Å²) in [6.45, 7) is 0.194. The highest BCUT2D eigenvalue weighted by molar-refractivity contribution is 6.52. The third-order valence-corrected chi connectivity index (χ3v) is 3.89. The largest absolute Gasteiger partial charge is 0.351 e. The number of carbonyl (C=O) groups is 3. The Bertz CT molecular complexity index is 835. The van der Waals surface area contributed by atoms with E-state index in [1.807, 2.05) is 6.07 Å². The number of benzene rings is 2. The number of amides is 3. The van der Waals surface area contributed by atoms with E-state index in [0.717, 1.165) is 5.56 Å². The van der Waals surface area contributed by atoms with Crippen LogP contribution in [0.5, 0.6) is 0 Å². The van der Waals surface area contributed by atoms with Gasteiger partial charge in [-0.2, -0.15) is 0 Å². The van der Waals surface area contributed by atoms with E-state index in [0.29, 0.717) is 16.4 Å². The number of fused-ring (bicyclic) bond motifs is 1. The van der Waals surface area contributed by atoms with Crippen LogP contribution in [0.4, 0.5) is 16.2 Å². The van der Waals surface area contributed by atoms with Crippen molar-refractivity contribution in [3.8, 4) is 0 Å². The van der Waals surface area contributed by atoms with Gasteiger partial charge in [0.25, 0.3) is 11.7 Å². The van der Waals surface area contributed by atoms with E-state index in [9.17, 15) is 14.4 Å². The Kier molecular flexibility index (Phi) is 3.75. The standard InChI is InChI=1S/C16H12ClN3O3/c17-12-4-2-1-3-9(12)8-20-13-6-5-10(19-16(18)23)7-11(13)14(21)15(20)22/h1-7H,8H2,(H3,18,19,23). The molecule has 0 radical (unpaired) electrons. The van der Waals surface area contributed by atoms with Gasteiger partial charge in [-0.1, -0.05) is 29.8 Å². The first-order valence-electron chi connectivity index (χ1n) is 6.77. The fourth-order valence-electron chi connectivity index (χ4n) is 2.47. The van der Waals surface area contributed by atoms with E-state index in [2.05, 4.69) is 5.32 Å². The zero-order valence-electron chi connectivity index (χ0n) is 11.9. The molecule has 1 aliphatic heterocycles. The third-order valence-electron chi connectivity index (χ3n) is 3.53. The molecular weight excluding hydrogens is 318 g/mol. The fourth-order valence-corrected chi connectivity index (χ4v) is 2.67. The van der Waals surface area contributed by atoms with Gasteiger partial charge in [0, 0.05) is 10.7 Å². The van der Waals surface area contributed by atoms with Gasteiger partial charge in [-0.05, 0) is 29.8 Å². The Morgan fingerprint density at radius 2 is 1.91 bits per heavy atom. The summed E-state index contributed by atoms with van der Waals surface area (Å²) in [5.74, 6) is -1.25. The molecule has 0 aromatic heterocycles. The molecule has 116 valence electrons. The van der Waals surface area contributed by atoms with E-state index in [-0.39, 0.29) is 12.1 Å². The number of halogens is 1. The van der Waals surface area contributed by atoms with E-state index in [4.69, 9.17) is 17.3 Å². The molecule has 0 saturated carbocycles. The second-order valence-electron chi connectivity index (χ2n) is 5.03. The van der Waals surface area contributed by atoms with Gasteiger partial charge in [-0.15, -0.1) is 0 Å². The van der Waals surface area contributed by atoms with Crippen molar-refractivity contribution in [1.29, 1.82) is 0 Å². The number of nitrogens with one attached hydrogen (secondary N) is 1. The van der Waals surface area contributed by atoms with Crippen LogP contribution in [0.2, 0.25) is 5.02 Å². The highest BCUT2D eigenvalue weighted by Gasteiger charge is 2.36. The molecule has 23 heavy (non-hydrogen) atoms. The van der Waals surface area contributed by atoms with Gasteiger partial charge in [0.2, 0.25) is 0 Å². The third kappa shape index (κ3) is 2.76. The number of urea groups is 1. The van der Waals surface area contributed by atoms with Crippen molar-refractivity contribution < 1.29 is 14.4 Å². The molecule has 0 unspecified atom stereocenters. The maximum atomic E-state index is 12.2. The van der Waals surface area contributed by atoms with E-state index >= 15 is 0 Å². The molecule has 0 bridgehead atoms. The van der Waals surface area contributed by atoms with Crippen molar-refractivity contribution in [3.63, 3.8) is 0 Å². The Morgan fingerprint density at radius 3 is 2.61 bits per heavy atom. The van der Waals surface area contributed by atoms with Crippen LogP contribution in [0, 0.1) is 0 Å². The lowest BCUT2D eigenvalue weighted by molar-refractivity contribution is -0.114. The molecular formula is C16H12ClN3O3. The summed E-state index contributed by atoms with van der Waals surface area (Å²) in [7, 11) is 0. The van der Waals surface area contributed by atoms with Crippen LogP contribution in [-0.4, -0.2) is 17.7 Å². The highest BCUT2D eigenvalue weighted by atomic mass is 35.5. The van der Waals surface area contributed by atoms with Crippen LogP contribution in [0.15, 0.2) is 42.5 Å². The second kappa shape index (κ2) is 5.73. The summed E-state index contributed by atoms with van der Waals surface area (Å²) in [4.78, 5) is 36.6. The minimum absolute atomic E-state index is 0.194. The van der Waals surface area contributed by atoms with E-state index < -0.39 is 17.7 Å². The number of rotatable bonds is 3. The molecule has 1 heterocycles. The van der Waals surface area contributed by atoms with E-state index in [1.54, 1.807) is 30.3 Å². The number of ketones is 1. The molecule has 6 nitrogen and oxygen atoms in total. The predicted molar refractivity (Wildman–Crippen MR) is 86.6 cm³/mol. The van der Waals surface area contributed by atoms with Crippen LogP contribution in [-0.2, 0) is 11.3 Å². The predicted octanol–water partition coefficient (Wildman–Crippen LogP) is 2.56. The Labute approximate surface area is 136 Å². The second-order valence-corrected chi connectivity index (χ2v) is 5.44. The van der Waals surface area contributed by atoms with E-state index in [1.165, 1.54) is 11.0 Å². The average Bonchev–Trinajstić information content (AvgIpc) is 2.74. The van der Waals surface area contributed by atoms with Crippen molar-refractivity contribution in [2.75, 3.05) is 10.2 Å². The van der Waals surface area contributed by atoms with Crippen molar-refractivity contribution in [2.24, 2.45) is 5.73 Å². The van der Waals surface area contributed by atoms with Crippen LogP contribution in [0.3, 0.4) is 0 Å². The normalized spacial score (nSPS) is 13.2.